The summed E-state index contributed by atoms with van der Waals surface area (Å²) in [6.45, 7) is 8.40. The van der Waals surface area contributed by atoms with E-state index in [2.05, 4.69) is 58.8 Å². The van der Waals surface area contributed by atoms with E-state index in [-0.39, 0.29) is 0 Å². The van der Waals surface area contributed by atoms with Crippen LogP contribution in [0.3, 0.4) is 0 Å². The van der Waals surface area contributed by atoms with Crippen LogP contribution in [0.2, 0.25) is 0 Å². The summed E-state index contributed by atoms with van der Waals surface area (Å²) in [5, 5.41) is 7.76. The van der Waals surface area contributed by atoms with E-state index >= 15 is 0 Å². The first-order chi connectivity index (χ1) is 7.69. The van der Waals surface area contributed by atoms with Crippen molar-refractivity contribution in [1.82, 2.24) is 20.1 Å². The largest absolute Gasteiger partial charge is 0.306 e. The summed E-state index contributed by atoms with van der Waals surface area (Å²) in [5.74, 6) is 1.69. The SMILES string of the molecule is CCCn1ncnc1CNC(CI)C(C)C. The number of aryl methyl sites for hydroxylation is 1. The molecule has 4 nitrogen and oxygen atoms in total. The molecule has 1 N–H and O–H groups in total. The lowest BCUT2D eigenvalue weighted by Crippen LogP contribution is -2.35. The Kier molecular flexibility index (Phi) is 6.26. The molecule has 0 aromatic carbocycles. The van der Waals surface area contributed by atoms with Gasteiger partial charge in [-0.3, -0.25) is 0 Å². The molecule has 0 aliphatic heterocycles. The predicted octanol–water partition coefficient (Wildman–Crippen LogP) is 2.24. The molecule has 0 radical (unpaired) electrons. The first-order valence-electron chi connectivity index (χ1n) is 5.85. The van der Waals surface area contributed by atoms with Crippen LogP contribution in [0.5, 0.6) is 0 Å². The van der Waals surface area contributed by atoms with Crippen molar-refractivity contribution < 1.29 is 0 Å². The van der Waals surface area contributed by atoms with Gasteiger partial charge in [0.15, 0.2) is 0 Å². The highest BCUT2D eigenvalue weighted by molar-refractivity contribution is 14.1. The number of alkyl halides is 1. The third kappa shape index (κ3) is 4.01. The van der Waals surface area contributed by atoms with Gasteiger partial charge in [0.2, 0.25) is 0 Å². The summed E-state index contributed by atoms with van der Waals surface area (Å²) in [5.41, 5.74) is 0. The molecule has 1 aromatic rings. The second-order valence-electron chi connectivity index (χ2n) is 4.29. The second-order valence-corrected chi connectivity index (χ2v) is 5.17. The summed E-state index contributed by atoms with van der Waals surface area (Å²) in [7, 11) is 0. The van der Waals surface area contributed by atoms with Crippen LogP contribution in [-0.4, -0.2) is 25.2 Å². The summed E-state index contributed by atoms with van der Waals surface area (Å²) in [6, 6.07) is 0.548. The average Bonchev–Trinajstić information content (AvgIpc) is 2.67. The highest BCUT2D eigenvalue weighted by Crippen LogP contribution is 2.06. The molecule has 1 unspecified atom stereocenters. The standard InChI is InChI=1S/C11H21IN4/c1-4-5-16-11(14-8-15-16)7-13-10(6-12)9(2)3/h8-10,13H,4-7H2,1-3H3. The molecular formula is C11H21IN4. The van der Waals surface area contributed by atoms with Crippen LogP contribution in [0.4, 0.5) is 0 Å². The molecule has 0 amide bonds. The number of nitrogens with one attached hydrogen (secondary N) is 1. The number of hydrogen-bond donors (Lipinski definition) is 1. The quantitative estimate of drug-likeness (QED) is 0.613. The van der Waals surface area contributed by atoms with Gasteiger partial charge in [0, 0.05) is 17.0 Å². The third-order valence-corrected chi connectivity index (χ3v) is 3.57. The first kappa shape index (κ1) is 13.9. The van der Waals surface area contributed by atoms with Gasteiger partial charge in [0.05, 0.1) is 6.54 Å². The molecule has 0 bridgehead atoms. The predicted molar refractivity (Wildman–Crippen MR) is 74.7 cm³/mol. The van der Waals surface area contributed by atoms with E-state index in [4.69, 9.17) is 0 Å². The lowest BCUT2D eigenvalue weighted by molar-refractivity contribution is 0.421. The molecule has 1 atom stereocenters. The monoisotopic (exact) mass is 336 g/mol. The van der Waals surface area contributed by atoms with Gasteiger partial charge in [-0.15, -0.1) is 0 Å². The van der Waals surface area contributed by atoms with Gasteiger partial charge < -0.3 is 5.32 Å². The maximum absolute atomic E-state index is 4.29. The number of halogens is 1. The van der Waals surface area contributed by atoms with E-state index in [1.165, 1.54) is 0 Å². The van der Waals surface area contributed by atoms with Crippen molar-refractivity contribution in [3.63, 3.8) is 0 Å². The van der Waals surface area contributed by atoms with E-state index in [9.17, 15) is 0 Å². The zero-order valence-electron chi connectivity index (χ0n) is 10.3. The lowest BCUT2D eigenvalue weighted by atomic mass is 10.1. The Balaban J connectivity index is 2.49. The van der Waals surface area contributed by atoms with Gasteiger partial charge >= 0.3 is 0 Å². The van der Waals surface area contributed by atoms with Gasteiger partial charge in [-0.2, -0.15) is 5.10 Å². The smallest absolute Gasteiger partial charge is 0.140 e. The van der Waals surface area contributed by atoms with Crippen molar-refractivity contribution in [3.8, 4) is 0 Å². The summed E-state index contributed by atoms with van der Waals surface area (Å²) in [4.78, 5) is 4.29. The van der Waals surface area contributed by atoms with Crippen molar-refractivity contribution in [2.75, 3.05) is 4.43 Å². The first-order valence-corrected chi connectivity index (χ1v) is 7.37. The summed E-state index contributed by atoms with van der Waals surface area (Å²) >= 11 is 2.43. The normalized spacial score (nSPS) is 13.3. The van der Waals surface area contributed by atoms with Crippen molar-refractivity contribution in [2.45, 2.75) is 46.3 Å². The minimum atomic E-state index is 0.548. The Bertz CT molecular complexity index is 298. The van der Waals surface area contributed by atoms with Gasteiger partial charge in [0.1, 0.15) is 12.2 Å². The molecule has 92 valence electrons. The van der Waals surface area contributed by atoms with E-state index in [1.807, 2.05) is 4.68 Å². The second kappa shape index (κ2) is 7.21. The topological polar surface area (TPSA) is 42.7 Å². The molecule has 1 rings (SSSR count). The van der Waals surface area contributed by atoms with Gasteiger partial charge in [-0.1, -0.05) is 43.4 Å². The molecule has 0 fully saturated rings. The number of aromatic nitrogens is 3. The molecule has 16 heavy (non-hydrogen) atoms. The number of hydrogen-bond acceptors (Lipinski definition) is 3. The molecule has 0 aliphatic carbocycles. The molecule has 1 aromatic heterocycles. The molecular weight excluding hydrogens is 315 g/mol. The van der Waals surface area contributed by atoms with E-state index in [0.717, 1.165) is 29.8 Å². The van der Waals surface area contributed by atoms with Crippen molar-refractivity contribution >= 4 is 22.6 Å². The highest BCUT2D eigenvalue weighted by Gasteiger charge is 2.12. The van der Waals surface area contributed by atoms with Crippen molar-refractivity contribution in [3.05, 3.63) is 12.2 Å². The van der Waals surface area contributed by atoms with E-state index in [0.29, 0.717) is 12.0 Å². The van der Waals surface area contributed by atoms with Crippen molar-refractivity contribution in [2.24, 2.45) is 5.92 Å². The van der Waals surface area contributed by atoms with E-state index in [1.54, 1.807) is 6.33 Å². The van der Waals surface area contributed by atoms with Crippen LogP contribution in [0.15, 0.2) is 6.33 Å². The molecule has 0 saturated carbocycles. The molecule has 1 heterocycles. The molecule has 0 aliphatic rings. The highest BCUT2D eigenvalue weighted by atomic mass is 127. The van der Waals surface area contributed by atoms with E-state index < -0.39 is 0 Å². The number of rotatable bonds is 7. The third-order valence-electron chi connectivity index (χ3n) is 2.62. The Labute approximate surface area is 111 Å². The van der Waals surface area contributed by atoms with Gasteiger partial charge in [-0.25, -0.2) is 9.67 Å². The minimum Gasteiger partial charge on any atom is -0.306 e. The number of nitrogens with zero attached hydrogens (tertiary/aromatic N) is 3. The summed E-state index contributed by atoms with van der Waals surface area (Å²) in [6.07, 6.45) is 2.73. The Morgan fingerprint density at radius 3 is 2.81 bits per heavy atom. The summed E-state index contributed by atoms with van der Waals surface area (Å²) < 4.78 is 3.11. The molecule has 0 spiro atoms. The van der Waals surface area contributed by atoms with Crippen LogP contribution in [0.25, 0.3) is 0 Å². The fourth-order valence-corrected chi connectivity index (χ4v) is 2.84. The Hall–Kier alpha value is -0.170. The van der Waals surface area contributed by atoms with Crippen LogP contribution < -0.4 is 5.32 Å². The molecule has 0 saturated heterocycles. The van der Waals surface area contributed by atoms with Gasteiger partial charge in [-0.05, 0) is 12.3 Å². The fraction of sp³-hybridized carbons (Fsp3) is 0.818. The van der Waals surface area contributed by atoms with Crippen LogP contribution in [-0.2, 0) is 13.1 Å². The lowest BCUT2D eigenvalue weighted by Gasteiger charge is -2.19. The van der Waals surface area contributed by atoms with Crippen LogP contribution in [0.1, 0.15) is 33.0 Å². The maximum Gasteiger partial charge on any atom is 0.140 e. The van der Waals surface area contributed by atoms with Crippen molar-refractivity contribution in [1.29, 1.82) is 0 Å². The average molecular weight is 336 g/mol. The zero-order chi connectivity index (χ0) is 12.0. The van der Waals surface area contributed by atoms with Gasteiger partial charge in [0.25, 0.3) is 0 Å². The minimum absolute atomic E-state index is 0.548. The Morgan fingerprint density at radius 1 is 1.50 bits per heavy atom. The van der Waals surface area contributed by atoms with Crippen LogP contribution >= 0.6 is 22.6 Å². The zero-order valence-corrected chi connectivity index (χ0v) is 12.4. The van der Waals surface area contributed by atoms with Crippen LogP contribution in [0, 0.1) is 5.92 Å². The fourth-order valence-electron chi connectivity index (χ4n) is 1.51. The Morgan fingerprint density at radius 2 is 2.25 bits per heavy atom. The maximum atomic E-state index is 4.29. The molecule has 5 heteroatoms.